The van der Waals surface area contributed by atoms with Gasteiger partial charge in [0.2, 0.25) is 0 Å². The van der Waals surface area contributed by atoms with Crippen LogP contribution < -0.4 is 10.6 Å². The number of hydrogen-bond acceptors (Lipinski definition) is 5. The fourth-order valence-electron chi connectivity index (χ4n) is 1.27. The molecule has 0 saturated heterocycles. The largest absolute Gasteiger partial charge is 0.377 e. The number of anilines is 1. The molecule has 1 heterocycles. The first-order chi connectivity index (χ1) is 8.17. The summed E-state index contributed by atoms with van der Waals surface area (Å²) in [6.07, 6.45) is 0.111. The van der Waals surface area contributed by atoms with Crippen molar-refractivity contribution in [3.63, 3.8) is 0 Å². The minimum Gasteiger partial charge on any atom is -0.377 e. The van der Waals surface area contributed by atoms with Crippen LogP contribution >= 0.6 is 0 Å². The second-order valence-corrected chi connectivity index (χ2v) is 3.53. The van der Waals surface area contributed by atoms with Crippen LogP contribution in [0.25, 0.3) is 0 Å². The van der Waals surface area contributed by atoms with Gasteiger partial charge in [0.25, 0.3) is 5.91 Å². The standard InChI is InChI=1S/C11H18N4O2/c1-4-17-8(2)7-13-10-6-5-9(14-15-10)11(16)12-3/h5-6,8H,4,7H2,1-3H3,(H,12,16)(H,13,15). The Bertz CT molecular complexity index is 353. The SMILES string of the molecule is CCOC(C)CNc1ccc(C(=O)NC)nn1. The Morgan fingerprint density at radius 2 is 2.24 bits per heavy atom. The molecule has 1 amide bonds. The van der Waals surface area contributed by atoms with Crippen molar-refractivity contribution in [2.75, 3.05) is 25.5 Å². The molecule has 1 aromatic heterocycles. The van der Waals surface area contributed by atoms with Crippen LogP contribution in [0, 0.1) is 0 Å². The van der Waals surface area contributed by atoms with Crippen LogP contribution in [0.3, 0.4) is 0 Å². The number of ether oxygens (including phenoxy) is 1. The van der Waals surface area contributed by atoms with E-state index in [0.717, 1.165) is 0 Å². The molecule has 6 nitrogen and oxygen atoms in total. The van der Waals surface area contributed by atoms with Crippen molar-refractivity contribution in [2.45, 2.75) is 20.0 Å². The van der Waals surface area contributed by atoms with Gasteiger partial charge in [-0.25, -0.2) is 0 Å². The van der Waals surface area contributed by atoms with E-state index in [1.54, 1.807) is 19.2 Å². The Kier molecular flexibility index (Phi) is 5.35. The zero-order valence-corrected chi connectivity index (χ0v) is 10.4. The highest BCUT2D eigenvalue weighted by atomic mass is 16.5. The maximum Gasteiger partial charge on any atom is 0.271 e. The predicted molar refractivity (Wildman–Crippen MR) is 65.0 cm³/mol. The number of amides is 1. The van der Waals surface area contributed by atoms with Crippen LogP contribution in [-0.4, -0.2) is 42.4 Å². The molecule has 0 aromatic carbocycles. The molecule has 17 heavy (non-hydrogen) atoms. The van der Waals surface area contributed by atoms with Gasteiger partial charge in [0.05, 0.1) is 6.10 Å². The van der Waals surface area contributed by atoms with E-state index in [1.165, 1.54) is 0 Å². The molecular weight excluding hydrogens is 220 g/mol. The van der Waals surface area contributed by atoms with Gasteiger partial charge in [-0.15, -0.1) is 10.2 Å². The van der Waals surface area contributed by atoms with Crippen molar-refractivity contribution in [1.82, 2.24) is 15.5 Å². The molecule has 0 aliphatic heterocycles. The summed E-state index contributed by atoms with van der Waals surface area (Å²) in [4.78, 5) is 11.2. The summed E-state index contributed by atoms with van der Waals surface area (Å²) in [5, 5.41) is 13.3. The van der Waals surface area contributed by atoms with E-state index in [-0.39, 0.29) is 12.0 Å². The summed E-state index contributed by atoms with van der Waals surface area (Å²) in [7, 11) is 1.56. The number of hydrogen-bond donors (Lipinski definition) is 2. The molecule has 1 atom stereocenters. The smallest absolute Gasteiger partial charge is 0.271 e. The van der Waals surface area contributed by atoms with Crippen LogP contribution in [0.15, 0.2) is 12.1 Å². The Labute approximate surface area is 101 Å². The molecule has 0 aliphatic rings. The summed E-state index contributed by atoms with van der Waals surface area (Å²) in [5.41, 5.74) is 0.302. The molecule has 0 aliphatic carbocycles. The molecule has 1 aromatic rings. The van der Waals surface area contributed by atoms with Gasteiger partial charge >= 0.3 is 0 Å². The third kappa shape index (κ3) is 4.36. The number of aromatic nitrogens is 2. The van der Waals surface area contributed by atoms with Gasteiger partial charge in [-0.05, 0) is 26.0 Å². The molecule has 1 unspecified atom stereocenters. The van der Waals surface area contributed by atoms with Crippen molar-refractivity contribution < 1.29 is 9.53 Å². The summed E-state index contributed by atoms with van der Waals surface area (Å²) in [6.45, 7) is 5.27. The van der Waals surface area contributed by atoms with Crippen LogP contribution in [0.4, 0.5) is 5.82 Å². The summed E-state index contributed by atoms with van der Waals surface area (Å²) >= 11 is 0. The minimum absolute atomic E-state index is 0.111. The summed E-state index contributed by atoms with van der Waals surface area (Å²) < 4.78 is 5.37. The first-order valence-electron chi connectivity index (χ1n) is 5.58. The lowest BCUT2D eigenvalue weighted by molar-refractivity contribution is 0.0854. The second-order valence-electron chi connectivity index (χ2n) is 3.53. The molecular formula is C11H18N4O2. The van der Waals surface area contributed by atoms with E-state index in [4.69, 9.17) is 4.74 Å². The van der Waals surface area contributed by atoms with Gasteiger partial charge in [-0.1, -0.05) is 0 Å². The number of rotatable bonds is 6. The number of nitrogens with zero attached hydrogens (tertiary/aromatic N) is 2. The molecule has 0 fully saturated rings. The third-order valence-electron chi connectivity index (χ3n) is 2.15. The first kappa shape index (κ1) is 13.4. The highest BCUT2D eigenvalue weighted by molar-refractivity contribution is 5.91. The first-order valence-corrected chi connectivity index (χ1v) is 5.58. The molecule has 0 radical (unpaired) electrons. The van der Waals surface area contributed by atoms with Gasteiger partial charge in [0.1, 0.15) is 5.82 Å². The molecule has 94 valence electrons. The zero-order valence-electron chi connectivity index (χ0n) is 10.4. The Morgan fingerprint density at radius 1 is 1.47 bits per heavy atom. The maximum atomic E-state index is 11.2. The van der Waals surface area contributed by atoms with Crippen LogP contribution in [0.1, 0.15) is 24.3 Å². The van der Waals surface area contributed by atoms with Crippen molar-refractivity contribution in [2.24, 2.45) is 0 Å². The van der Waals surface area contributed by atoms with Gasteiger partial charge in [0.15, 0.2) is 5.69 Å². The highest BCUT2D eigenvalue weighted by Gasteiger charge is 2.06. The average Bonchev–Trinajstić information content (AvgIpc) is 2.36. The molecule has 6 heteroatoms. The predicted octanol–water partition coefficient (Wildman–Crippen LogP) is 0.673. The minimum atomic E-state index is -0.244. The monoisotopic (exact) mass is 238 g/mol. The quantitative estimate of drug-likeness (QED) is 0.762. The van der Waals surface area contributed by atoms with Crippen molar-refractivity contribution >= 4 is 11.7 Å². The van der Waals surface area contributed by atoms with Crippen LogP contribution in [0.5, 0.6) is 0 Å². The molecule has 2 N–H and O–H groups in total. The van der Waals surface area contributed by atoms with Crippen LogP contribution in [0.2, 0.25) is 0 Å². The van der Waals surface area contributed by atoms with E-state index >= 15 is 0 Å². The topological polar surface area (TPSA) is 76.1 Å². The lowest BCUT2D eigenvalue weighted by Crippen LogP contribution is -2.22. The van der Waals surface area contributed by atoms with E-state index in [0.29, 0.717) is 24.7 Å². The van der Waals surface area contributed by atoms with Crippen molar-refractivity contribution in [3.8, 4) is 0 Å². The van der Waals surface area contributed by atoms with Gasteiger partial charge in [-0.3, -0.25) is 4.79 Å². The van der Waals surface area contributed by atoms with Gasteiger partial charge in [-0.2, -0.15) is 0 Å². The Hall–Kier alpha value is -1.69. The average molecular weight is 238 g/mol. The van der Waals surface area contributed by atoms with Crippen molar-refractivity contribution in [1.29, 1.82) is 0 Å². The van der Waals surface area contributed by atoms with E-state index < -0.39 is 0 Å². The fourth-order valence-corrected chi connectivity index (χ4v) is 1.27. The van der Waals surface area contributed by atoms with Gasteiger partial charge < -0.3 is 15.4 Å². The molecule has 0 saturated carbocycles. The second kappa shape index (κ2) is 6.80. The highest BCUT2D eigenvalue weighted by Crippen LogP contribution is 2.02. The number of nitrogens with one attached hydrogen (secondary N) is 2. The maximum absolute atomic E-state index is 11.2. The van der Waals surface area contributed by atoms with E-state index in [9.17, 15) is 4.79 Å². The lowest BCUT2D eigenvalue weighted by atomic mass is 10.3. The lowest BCUT2D eigenvalue weighted by Gasteiger charge is -2.12. The fraction of sp³-hybridized carbons (Fsp3) is 0.545. The zero-order chi connectivity index (χ0) is 12.7. The normalized spacial score (nSPS) is 11.9. The summed E-state index contributed by atoms with van der Waals surface area (Å²) in [5.74, 6) is 0.385. The Morgan fingerprint density at radius 3 is 2.76 bits per heavy atom. The van der Waals surface area contributed by atoms with Crippen LogP contribution in [-0.2, 0) is 4.74 Å². The Balaban J connectivity index is 2.48. The van der Waals surface area contributed by atoms with Gasteiger partial charge in [0, 0.05) is 20.2 Å². The number of carbonyl (C=O) groups excluding carboxylic acids is 1. The van der Waals surface area contributed by atoms with E-state index in [2.05, 4.69) is 20.8 Å². The van der Waals surface area contributed by atoms with E-state index in [1.807, 2.05) is 13.8 Å². The molecule has 0 bridgehead atoms. The van der Waals surface area contributed by atoms with Crippen molar-refractivity contribution in [3.05, 3.63) is 17.8 Å². The number of carbonyl (C=O) groups is 1. The third-order valence-corrected chi connectivity index (χ3v) is 2.15. The molecule has 1 rings (SSSR count). The molecule has 0 spiro atoms. The summed E-state index contributed by atoms with van der Waals surface area (Å²) in [6, 6.07) is 3.34.